The molecule has 8 atom stereocenters. The number of rotatable bonds is 3. The first-order valence-electron chi connectivity index (χ1n) is 13.6. The predicted octanol–water partition coefficient (Wildman–Crippen LogP) is 6.42. The molecule has 34 heavy (non-hydrogen) atoms. The standard InChI is InChI=1S/C31H42O3/c1-21(32)23-9-7-22(8-10-23)6-5-19-34-28-14-13-26-25-12-11-24-20-29(2,33)17-18-30(24,3)27(25)15-16-31(26,28)4/h7-10,24-28,33H,11-20H2,1-4H3/t24-,25-,26-,27-,28?,29+,30-,31-/m0/s1. The quantitative estimate of drug-likeness (QED) is 0.416. The third-order valence-corrected chi connectivity index (χ3v) is 10.7. The van der Waals surface area contributed by atoms with Gasteiger partial charge in [-0.2, -0.15) is 0 Å². The van der Waals surface area contributed by atoms with Crippen molar-refractivity contribution in [3.8, 4) is 11.8 Å². The van der Waals surface area contributed by atoms with Gasteiger partial charge in [-0.05, 0) is 118 Å². The third kappa shape index (κ3) is 4.16. The average Bonchev–Trinajstić information content (AvgIpc) is 3.13. The first kappa shape index (κ1) is 24.1. The summed E-state index contributed by atoms with van der Waals surface area (Å²) in [4.78, 5) is 11.4. The Morgan fingerprint density at radius 1 is 0.971 bits per heavy atom. The van der Waals surface area contributed by atoms with Gasteiger partial charge in [0.2, 0.25) is 0 Å². The Balaban J connectivity index is 1.22. The van der Waals surface area contributed by atoms with Crippen LogP contribution in [0.2, 0.25) is 0 Å². The Labute approximate surface area is 206 Å². The zero-order valence-electron chi connectivity index (χ0n) is 21.5. The lowest BCUT2D eigenvalue weighted by atomic mass is 9.44. The van der Waals surface area contributed by atoms with Crippen LogP contribution in [0.25, 0.3) is 0 Å². The number of benzene rings is 1. The second kappa shape index (κ2) is 8.79. The van der Waals surface area contributed by atoms with E-state index in [9.17, 15) is 9.90 Å². The fourth-order valence-corrected chi connectivity index (χ4v) is 8.73. The molecule has 1 aromatic carbocycles. The molecule has 5 rings (SSSR count). The summed E-state index contributed by atoms with van der Waals surface area (Å²) < 4.78 is 6.44. The van der Waals surface area contributed by atoms with Gasteiger partial charge >= 0.3 is 0 Å². The number of carbonyl (C=O) groups excluding carboxylic acids is 1. The predicted molar refractivity (Wildman–Crippen MR) is 135 cm³/mol. The summed E-state index contributed by atoms with van der Waals surface area (Å²) in [6, 6.07) is 7.52. The normalized spacial score (nSPS) is 43.1. The van der Waals surface area contributed by atoms with E-state index in [0.29, 0.717) is 24.0 Å². The van der Waals surface area contributed by atoms with Crippen LogP contribution in [0.3, 0.4) is 0 Å². The lowest BCUT2D eigenvalue weighted by Crippen LogP contribution is -2.56. The Morgan fingerprint density at radius 2 is 1.71 bits per heavy atom. The molecule has 184 valence electrons. The minimum Gasteiger partial charge on any atom is -0.390 e. The molecule has 1 aromatic rings. The summed E-state index contributed by atoms with van der Waals surface area (Å²) in [5.74, 6) is 9.60. The molecule has 0 bridgehead atoms. The monoisotopic (exact) mass is 462 g/mol. The molecule has 0 saturated heterocycles. The van der Waals surface area contributed by atoms with Gasteiger partial charge in [-0.15, -0.1) is 0 Å². The molecule has 4 aliphatic carbocycles. The van der Waals surface area contributed by atoms with Crippen LogP contribution in [0.1, 0.15) is 101 Å². The van der Waals surface area contributed by atoms with E-state index in [-0.39, 0.29) is 11.2 Å². The molecule has 4 fully saturated rings. The summed E-state index contributed by atoms with van der Waals surface area (Å²) in [6.45, 7) is 9.18. The van der Waals surface area contributed by atoms with Crippen LogP contribution in [0.4, 0.5) is 0 Å². The number of hydrogen-bond donors (Lipinski definition) is 1. The lowest BCUT2D eigenvalue weighted by Gasteiger charge is -2.61. The molecule has 1 unspecified atom stereocenters. The van der Waals surface area contributed by atoms with Crippen LogP contribution < -0.4 is 0 Å². The second-order valence-corrected chi connectivity index (χ2v) is 12.7. The summed E-state index contributed by atoms with van der Waals surface area (Å²) in [5, 5.41) is 10.7. The van der Waals surface area contributed by atoms with Gasteiger partial charge in [0.05, 0.1) is 11.7 Å². The molecule has 0 amide bonds. The second-order valence-electron chi connectivity index (χ2n) is 12.7. The van der Waals surface area contributed by atoms with E-state index >= 15 is 0 Å². The van der Waals surface area contributed by atoms with Crippen molar-refractivity contribution in [3.05, 3.63) is 35.4 Å². The van der Waals surface area contributed by atoms with Gasteiger partial charge in [-0.1, -0.05) is 37.8 Å². The highest BCUT2D eigenvalue weighted by Gasteiger charge is 2.61. The highest BCUT2D eigenvalue weighted by Crippen LogP contribution is 2.67. The molecule has 3 heteroatoms. The van der Waals surface area contributed by atoms with Gasteiger partial charge < -0.3 is 9.84 Å². The van der Waals surface area contributed by atoms with E-state index in [1.165, 1.54) is 38.5 Å². The van der Waals surface area contributed by atoms with E-state index in [4.69, 9.17) is 4.74 Å². The van der Waals surface area contributed by atoms with Gasteiger partial charge in [0, 0.05) is 11.1 Å². The van der Waals surface area contributed by atoms with Crippen molar-refractivity contribution in [2.45, 2.75) is 97.2 Å². The van der Waals surface area contributed by atoms with E-state index in [1.54, 1.807) is 6.92 Å². The number of aliphatic hydroxyl groups is 1. The molecule has 0 heterocycles. The van der Waals surface area contributed by atoms with Crippen LogP contribution in [-0.4, -0.2) is 29.2 Å². The van der Waals surface area contributed by atoms with Crippen LogP contribution in [0.5, 0.6) is 0 Å². The van der Waals surface area contributed by atoms with E-state index in [2.05, 4.69) is 32.6 Å². The van der Waals surface area contributed by atoms with Crippen LogP contribution in [-0.2, 0) is 4.74 Å². The SMILES string of the molecule is CC(=O)c1ccc(C#CCOC2CC[C@H]3[C@@H]4CC[C@H]5C[C@](C)(O)CC[C@]5(C)[C@H]4CC[C@]23C)cc1. The van der Waals surface area contributed by atoms with Crippen molar-refractivity contribution in [3.63, 3.8) is 0 Å². The van der Waals surface area contributed by atoms with Crippen LogP contribution >= 0.6 is 0 Å². The number of carbonyl (C=O) groups is 1. The maximum atomic E-state index is 11.4. The molecular formula is C31H42O3. The highest BCUT2D eigenvalue weighted by molar-refractivity contribution is 5.94. The number of Topliss-reactive ketones (excluding diaryl/α,β-unsaturated/α-hetero) is 1. The number of ketones is 1. The molecule has 0 aliphatic heterocycles. The Morgan fingerprint density at radius 3 is 2.44 bits per heavy atom. The average molecular weight is 463 g/mol. The molecule has 0 radical (unpaired) electrons. The van der Waals surface area contributed by atoms with Gasteiger partial charge in [0.25, 0.3) is 0 Å². The summed E-state index contributed by atoms with van der Waals surface area (Å²) in [7, 11) is 0. The smallest absolute Gasteiger partial charge is 0.159 e. The maximum absolute atomic E-state index is 11.4. The summed E-state index contributed by atoms with van der Waals surface area (Å²) in [6.07, 6.45) is 11.1. The highest BCUT2D eigenvalue weighted by atomic mass is 16.5. The van der Waals surface area contributed by atoms with Gasteiger partial charge in [0.15, 0.2) is 5.78 Å². The van der Waals surface area contributed by atoms with E-state index in [0.717, 1.165) is 48.1 Å². The summed E-state index contributed by atoms with van der Waals surface area (Å²) >= 11 is 0. The molecule has 4 saturated carbocycles. The Kier molecular flexibility index (Phi) is 6.23. The minimum absolute atomic E-state index is 0.0828. The first-order valence-corrected chi connectivity index (χ1v) is 13.6. The largest absolute Gasteiger partial charge is 0.390 e. The maximum Gasteiger partial charge on any atom is 0.159 e. The zero-order chi connectivity index (χ0) is 24.1. The van der Waals surface area contributed by atoms with Gasteiger partial charge in [-0.25, -0.2) is 0 Å². The molecule has 0 spiro atoms. The lowest BCUT2D eigenvalue weighted by molar-refractivity contribution is -0.154. The fraction of sp³-hybridized carbons (Fsp3) is 0.710. The van der Waals surface area contributed by atoms with Crippen molar-refractivity contribution < 1.29 is 14.6 Å². The Hall–Kier alpha value is -1.63. The van der Waals surface area contributed by atoms with Crippen molar-refractivity contribution in [1.29, 1.82) is 0 Å². The topological polar surface area (TPSA) is 46.5 Å². The minimum atomic E-state index is -0.455. The van der Waals surface area contributed by atoms with Crippen molar-refractivity contribution in [2.24, 2.45) is 34.5 Å². The summed E-state index contributed by atoms with van der Waals surface area (Å²) in [5.41, 5.74) is 1.89. The molecule has 4 aliphatic rings. The third-order valence-electron chi connectivity index (χ3n) is 10.7. The molecule has 1 N–H and O–H groups in total. The molecule has 3 nitrogen and oxygen atoms in total. The van der Waals surface area contributed by atoms with Gasteiger partial charge in [0.1, 0.15) is 6.61 Å². The zero-order valence-corrected chi connectivity index (χ0v) is 21.5. The van der Waals surface area contributed by atoms with Gasteiger partial charge in [-0.3, -0.25) is 4.79 Å². The molecular weight excluding hydrogens is 420 g/mol. The van der Waals surface area contributed by atoms with Crippen molar-refractivity contribution in [2.75, 3.05) is 6.61 Å². The number of fused-ring (bicyclic) bond motifs is 5. The number of hydrogen-bond acceptors (Lipinski definition) is 3. The number of ether oxygens (including phenoxy) is 1. The van der Waals surface area contributed by atoms with Crippen LogP contribution in [0, 0.1) is 46.3 Å². The first-order chi connectivity index (χ1) is 16.1. The van der Waals surface area contributed by atoms with Crippen LogP contribution in [0.15, 0.2) is 24.3 Å². The van der Waals surface area contributed by atoms with E-state index < -0.39 is 5.60 Å². The fourth-order valence-electron chi connectivity index (χ4n) is 8.73. The van der Waals surface area contributed by atoms with Crippen molar-refractivity contribution >= 4 is 5.78 Å². The van der Waals surface area contributed by atoms with E-state index in [1.807, 2.05) is 24.3 Å². The molecule has 0 aromatic heterocycles. The van der Waals surface area contributed by atoms with Crippen molar-refractivity contribution in [1.82, 2.24) is 0 Å². The Bertz CT molecular complexity index is 982.